The van der Waals surface area contributed by atoms with Crippen LogP contribution in [0, 0.1) is 0 Å². The summed E-state index contributed by atoms with van der Waals surface area (Å²) in [6.07, 6.45) is -14.9. The van der Waals surface area contributed by atoms with E-state index in [1.165, 1.54) is 36.4 Å². The normalized spacial score (nSPS) is 35.3. The molecule has 0 aliphatic carbocycles. The van der Waals surface area contributed by atoms with Crippen molar-refractivity contribution in [3.63, 3.8) is 0 Å². The molecule has 1 aromatic heterocycles. The molecule has 0 unspecified atom stereocenters. The minimum Gasteiger partial charge on any atom is -0.462 e. The van der Waals surface area contributed by atoms with Crippen LogP contribution in [0.4, 0.5) is 0 Å². The SMILES string of the molecule is O=c1c2ccc(O[C@H]3O[C@@H](CO)[C@H](O)[C@@H](O)[C@@H]3O)cc2oc2cc(O[C@@H]3O[C@H](CO)[C@@H](O)[C@H](O)[C@H]3O)ccc12. The molecule has 10 atom stereocenters. The molecular formula is C25H28O14. The van der Waals surface area contributed by atoms with Crippen LogP contribution in [0.5, 0.6) is 11.5 Å². The molecule has 8 N–H and O–H groups in total. The second kappa shape index (κ2) is 10.9. The van der Waals surface area contributed by atoms with Gasteiger partial charge in [-0.05, 0) is 24.3 Å². The molecule has 2 aromatic carbocycles. The van der Waals surface area contributed by atoms with Crippen molar-refractivity contribution in [2.75, 3.05) is 13.2 Å². The number of fused-ring (bicyclic) bond motifs is 2. The molecule has 39 heavy (non-hydrogen) atoms. The third-order valence-corrected chi connectivity index (χ3v) is 6.82. The van der Waals surface area contributed by atoms with Gasteiger partial charge in [0.2, 0.25) is 18.0 Å². The second-order valence-corrected chi connectivity index (χ2v) is 9.38. The number of rotatable bonds is 6. The van der Waals surface area contributed by atoms with Crippen molar-refractivity contribution < 1.29 is 64.2 Å². The van der Waals surface area contributed by atoms with Crippen molar-refractivity contribution in [2.24, 2.45) is 0 Å². The van der Waals surface area contributed by atoms with Crippen molar-refractivity contribution in [1.29, 1.82) is 0 Å². The fourth-order valence-electron chi connectivity index (χ4n) is 4.56. The third-order valence-electron chi connectivity index (χ3n) is 6.82. The van der Waals surface area contributed by atoms with Gasteiger partial charge in [-0.2, -0.15) is 0 Å². The summed E-state index contributed by atoms with van der Waals surface area (Å²) in [4.78, 5) is 13.1. The molecule has 2 aliphatic rings. The van der Waals surface area contributed by atoms with E-state index < -0.39 is 74.6 Å². The number of aliphatic hydroxyl groups is 8. The average Bonchev–Trinajstić information content (AvgIpc) is 2.93. The first kappa shape index (κ1) is 27.7. The Bertz CT molecular complexity index is 1270. The second-order valence-electron chi connectivity index (χ2n) is 9.38. The lowest BCUT2D eigenvalue weighted by molar-refractivity contribution is -0.277. The van der Waals surface area contributed by atoms with Gasteiger partial charge in [-0.3, -0.25) is 4.79 Å². The molecule has 14 nitrogen and oxygen atoms in total. The molecule has 14 heteroatoms. The van der Waals surface area contributed by atoms with Crippen LogP contribution in [0.3, 0.4) is 0 Å². The van der Waals surface area contributed by atoms with E-state index in [0.717, 1.165) is 0 Å². The molecule has 0 spiro atoms. The van der Waals surface area contributed by atoms with Crippen molar-refractivity contribution in [1.82, 2.24) is 0 Å². The van der Waals surface area contributed by atoms with Crippen LogP contribution in [0.1, 0.15) is 0 Å². The van der Waals surface area contributed by atoms with E-state index in [0.29, 0.717) is 0 Å². The molecule has 0 amide bonds. The van der Waals surface area contributed by atoms with Crippen LogP contribution in [-0.4, -0.2) is 115 Å². The molecule has 0 radical (unpaired) electrons. The van der Waals surface area contributed by atoms with E-state index in [1.807, 2.05) is 0 Å². The van der Waals surface area contributed by atoms with Crippen LogP contribution in [0.2, 0.25) is 0 Å². The monoisotopic (exact) mass is 552 g/mol. The van der Waals surface area contributed by atoms with Gasteiger partial charge in [0.25, 0.3) is 0 Å². The zero-order chi connectivity index (χ0) is 28.0. The molecular weight excluding hydrogens is 524 g/mol. The summed E-state index contributed by atoms with van der Waals surface area (Å²) in [5.74, 6) is 0.172. The summed E-state index contributed by atoms with van der Waals surface area (Å²) in [7, 11) is 0. The Morgan fingerprint density at radius 2 is 1.03 bits per heavy atom. The number of benzene rings is 2. The van der Waals surface area contributed by atoms with Gasteiger partial charge in [-0.1, -0.05) is 0 Å². The Kier molecular flexibility index (Phi) is 7.76. The third kappa shape index (κ3) is 5.07. The van der Waals surface area contributed by atoms with E-state index in [9.17, 15) is 45.6 Å². The van der Waals surface area contributed by atoms with E-state index >= 15 is 0 Å². The lowest BCUT2D eigenvalue weighted by Gasteiger charge is -2.39. The Morgan fingerprint density at radius 1 is 0.615 bits per heavy atom. The lowest BCUT2D eigenvalue weighted by atomic mass is 9.99. The van der Waals surface area contributed by atoms with E-state index in [2.05, 4.69) is 0 Å². The number of hydrogen-bond donors (Lipinski definition) is 8. The van der Waals surface area contributed by atoms with Crippen LogP contribution in [0.15, 0.2) is 45.6 Å². The fourth-order valence-corrected chi connectivity index (χ4v) is 4.56. The molecule has 3 aromatic rings. The standard InChI is InChI=1S/C25H28O14/c26-7-15-18(29)20(31)22(33)24(38-15)35-9-1-3-11-13(5-9)37-14-6-10(2-4-12(14)17(11)28)36-25-23(34)21(32)19(30)16(8-27)39-25/h1-6,15-16,18-27,29-34H,7-8H2/t15-,16+,18-,19+,20+,21-,22-,23+,24-,25+. The minimum atomic E-state index is -1.63. The summed E-state index contributed by atoms with van der Waals surface area (Å²) in [6, 6.07) is 8.40. The van der Waals surface area contributed by atoms with Crippen LogP contribution in [-0.2, 0) is 9.47 Å². The van der Waals surface area contributed by atoms with Gasteiger partial charge in [0.1, 0.15) is 71.5 Å². The smallest absolute Gasteiger partial charge is 0.229 e. The van der Waals surface area contributed by atoms with Crippen LogP contribution < -0.4 is 14.9 Å². The predicted molar refractivity (Wildman–Crippen MR) is 129 cm³/mol. The van der Waals surface area contributed by atoms with Gasteiger partial charge in [-0.25, -0.2) is 0 Å². The van der Waals surface area contributed by atoms with Crippen LogP contribution in [0.25, 0.3) is 21.9 Å². The van der Waals surface area contributed by atoms with Gasteiger partial charge in [0.15, 0.2) is 0 Å². The zero-order valence-corrected chi connectivity index (χ0v) is 20.2. The first-order chi connectivity index (χ1) is 18.6. The van der Waals surface area contributed by atoms with E-state index in [-0.39, 0.29) is 38.9 Å². The minimum absolute atomic E-state index is 0.0829. The molecule has 2 saturated heterocycles. The molecule has 3 heterocycles. The first-order valence-electron chi connectivity index (χ1n) is 12.1. The van der Waals surface area contributed by atoms with Gasteiger partial charge < -0.3 is 64.2 Å². The van der Waals surface area contributed by atoms with Gasteiger partial charge in [0.05, 0.1) is 24.0 Å². The fraction of sp³-hybridized carbons (Fsp3) is 0.480. The maximum absolute atomic E-state index is 13.1. The molecule has 2 aliphatic heterocycles. The molecule has 0 saturated carbocycles. The first-order valence-corrected chi connectivity index (χ1v) is 12.1. The highest BCUT2D eigenvalue weighted by molar-refractivity contribution is 5.90. The largest absolute Gasteiger partial charge is 0.462 e. The maximum Gasteiger partial charge on any atom is 0.229 e. The van der Waals surface area contributed by atoms with E-state index in [4.69, 9.17) is 23.4 Å². The van der Waals surface area contributed by atoms with Gasteiger partial charge >= 0.3 is 0 Å². The van der Waals surface area contributed by atoms with Gasteiger partial charge in [0, 0.05) is 12.1 Å². The maximum atomic E-state index is 13.1. The highest BCUT2D eigenvalue weighted by Gasteiger charge is 2.45. The van der Waals surface area contributed by atoms with Crippen molar-refractivity contribution in [3.05, 3.63) is 46.6 Å². The zero-order valence-electron chi connectivity index (χ0n) is 20.2. The summed E-state index contributed by atoms with van der Waals surface area (Å²) in [5, 5.41) is 79.4. The molecule has 2 fully saturated rings. The topological polar surface area (TPSA) is 229 Å². The summed E-state index contributed by atoms with van der Waals surface area (Å²) in [6.45, 7) is -1.26. The number of aliphatic hydroxyl groups excluding tert-OH is 8. The van der Waals surface area contributed by atoms with Gasteiger partial charge in [-0.15, -0.1) is 0 Å². The average molecular weight is 552 g/mol. The Hall–Kier alpha value is -2.89. The Labute approximate surface area is 219 Å². The summed E-state index contributed by atoms with van der Waals surface area (Å²) in [5.41, 5.74) is -0.218. The van der Waals surface area contributed by atoms with Crippen LogP contribution >= 0.6 is 0 Å². The van der Waals surface area contributed by atoms with Crippen molar-refractivity contribution in [3.8, 4) is 11.5 Å². The predicted octanol–water partition coefficient (Wildman–Crippen LogP) is -2.70. The van der Waals surface area contributed by atoms with Crippen molar-refractivity contribution >= 4 is 21.9 Å². The molecule has 0 bridgehead atoms. The van der Waals surface area contributed by atoms with E-state index in [1.54, 1.807) is 0 Å². The number of ether oxygens (including phenoxy) is 4. The number of hydrogen-bond acceptors (Lipinski definition) is 14. The molecule has 212 valence electrons. The Balaban J connectivity index is 1.42. The quantitative estimate of drug-likeness (QED) is 0.146. The highest BCUT2D eigenvalue weighted by atomic mass is 16.7. The molecule has 5 rings (SSSR count). The summed E-state index contributed by atoms with van der Waals surface area (Å²) >= 11 is 0. The van der Waals surface area contributed by atoms with Crippen molar-refractivity contribution in [2.45, 2.75) is 61.4 Å². The summed E-state index contributed by atoms with van der Waals surface area (Å²) < 4.78 is 27.8. The highest BCUT2D eigenvalue weighted by Crippen LogP contribution is 2.30. The Morgan fingerprint density at radius 3 is 1.41 bits per heavy atom. The lowest BCUT2D eigenvalue weighted by Crippen LogP contribution is -2.60.